The Balaban J connectivity index is 0.00000220. The molecule has 1 aliphatic rings. The van der Waals surface area contributed by atoms with Gasteiger partial charge in [0, 0.05) is 12.1 Å². The normalized spacial score (nSPS) is 18.4. The van der Waals surface area contributed by atoms with E-state index < -0.39 is 12.1 Å². The van der Waals surface area contributed by atoms with Gasteiger partial charge >= 0.3 is 0 Å². The maximum Gasteiger partial charge on any atom is 0.250 e. The van der Waals surface area contributed by atoms with E-state index >= 15 is 0 Å². The van der Waals surface area contributed by atoms with E-state index in [0.717, 1.165) is 31.2 Å². The number of aliphatic hydroxyl groups excluding tert-OH is 1. The van der Waals surface area contributed by atoms with Gasteiger partial charge in [0.05, 0.1) is 0 Å². The quantitative estimate of drug-likeness (QED) is 0.776. The van der Waals surface area contributed by atoms with Gasteiger partial charge in [-0.3, -0.25) is 4.79 Å². The van der Waals surface area contributed by atoms with Crippen LogP contribution in [0.15, 0.2) is 30.3 Å². The first kappa shape index (κ1) is 18.0. The number of carbonyl (C=O) groups excluding carboxylic acids is 1. The molecule has 4 nitrogen and oxygen atoms in total. The Bertz CT molecular complexity index is 422. The molecular formula is C16H25ClN2O2. The Morgan fingerprint density at radius 2 is 1.86 bits per heavy atom. The zero-order chi connectivity index (χ0) is 14.4. The van der Waals surface area contributed by atoms with Gasteiger partial charge in [-0.15, -0.1) is 12.4 Å². The van der Waals surface area contributed by atoms with Crippen molar-refractivity contribution < 1.29 is 9.90 Å². The first-order valence-corrected chi connectivity index (χ1v) is 7.45. The van der Waals surface area contributed by atoms with Crippen molar-refractivity contribution in [3.63, 3.8) is 0 Å². The molecule has 0 spiro atoms. The molecule has 118 valence electrons. The van der Waals surface area contributed by atoms with Gasteiger partial charge in [-0.2, -0.15) is 0 Å². The maximum atomic E-state index is 12.0. The molecule has 0 aromatic heterocycles. The Morgan fingerprint density at radius 1 is 1.24 bits per heavy atom. The van der Waals surface area contributed by atoms with Crippen molar-refractivity contribution in [1.29, 1.82) is 0 Å². The minimum absolute atomic E-state index is 0. The van der Waals surface area contributed by atoms with Crippen LogP contribution in [-0.2, 0) is 11.2 Å². The number of carbonyl (C=O) groups is 1. The monoisotopic (exact) mass is 312 g/mol. The fourth-order valence-electron chi connectivity index (χ4n) is 2.73. The summed E-state index contributed by atoms with van der Waals surface area (Å²) in [6.07, 6.45) is 4.91. The van der Waals surface area contributed by atoms with Crippen molar-refractivity contribution >= 4 is 18.3 Å². The van der Waals surface area contributed by atoms with Gasteiger partial charge < -0.3 is 16.2 Å². The zero-order valence-electron chi connectivity index (χ0n) is 12.2. The highest BCUT2D eigenvalue weighted by atomic mass is 35.5. The number of aliphatic hydroxyl groups is 1. The molecule has 21 heavy (non-hydrogen) atoms. The zero-order valence-corrected chi connectivity index (χ0v) is 13.0. The summed E-state index contributed by atoms with van der Waals surface area (Å²) in [7, 11) is 0. The number of benzene rings is 1. The van der Waals surface area contributed by atoms with Crippen LogP contribution in [0.25, 0.3) is 0 Å². The van der Waals surface area contributed by atoms with Crippen molar-refractivity contribution in [2.45, 2.75) is 56.7 Å². The Kier molecular flexibility index (Phi) is 7.72. The predicted octanol–water partition coefficient (Wildman–Crippen LogP) is 1.79. The van der Waals surface area contributed by atoms with Crippen molar-refractivity contribution in [3.8, 4) is 0 Å². The minimum Gasteiger partial charge on any atom is -0.382 e. The molecule has 4 N–H and O–H groups in total. The second kappa shape index (κ2) is 9.03. The lowest BCUT2D eigenvalue weighted by atomic mass is 9.95. The molecule has 2 rings (SSSR count). The molecule has 1 aromatic carbocycles. The van der Waals surface area contributed by atoms with Gasteiger partial charge in [0.1, 0.15) is 6.10 Å². The number of hydrogen-bond acceptors (Lipinski definition) is 3. The number of nitrogens with two attached hydrogens (primary N) is 1. The highest BCUT2D eigenvalue weighted by Gasteiger charge is 2.25. The van der Waals surface area contributed by atoms with Crippen LogP contribution in [0, 0.1) is 0 Å². The Morgan fingerprint density at radius 3 is 2.48 bits per heavy atom. The molecule has 0 heterocycles. The summed E-state index contributed by atoms with van der Waals surface area (Å²) < 4.78 is 0. The Labute approximate surface area is 132 Å². The first-order chi connectivity index (χ1) is 9.66. The molecule has 1 aliphatic carbocycles. The van der Waals surface area contributed by atoms with Gasteiger partial charge in [-0.05, 0) is 24.8 Å². The molecule has 5 heteroatoms. The summed E-state index contributed by atoms with van der Waals surface area (Å²) in [4.78, 5) is 12.0. The van der Waals surface area contributed by atoms with E-state index in [1.54, 1.807) is 0 Å². The fraction of sp³-hybridized carbons (Fsp3) is 0.562. The topological polar surface area (TPSA) is 75.3 Å². The molecule has 1 aromatic rings. The number of amides is 1. The number of nitrogens with one attached hydrogen (secondary N) is 1. The van der Waals surface area contributed by atoms with Crippen LogP contribution < -0.4 is 11.1 Å². The smallest absolute Gasteiger partial charge is 0.250 e. The summed E-state index contributed by atoms with van der Waals surface area (Å²) in [6.45, 7) is 0. The van der Waals surface area contributed by atoms with Gasteiger partial charge in [0.2, 0.25) is 0 Å². The summed E-state index contributed by atoms with van der Waals surface area (Å²) in [6, 6.07) is 9.32. The molecule has 1 fully saturated rings. The number of rotatable bonds is 5. The van der Waals surface area contributed by atoms with Crippen LogP contribution in [0.4, 0.5) is 0 Å². The molecule has 1 amide bonds. The summed E-state index contributed by atoms with van der Waals surface area (Å²) in [5.74, 6) is -0.333. The number of hydrogen-bond donors (Lipinski definition) is 3. The predicted molar refractivity (Wildman–Crippen MR) is 86.4 cm³/mol. The highest BCUT2D eigenvalue weighted by molar-refractivity contribution is 5.85. The van der Waals surface area contributed by atoms with E-state index in [1.165, 1.54) is 6.42 Å². The molecule has 0 radical (unpaired) electrons. The average Bonchev–Trinajstić information content (AvgIpc) is 2.48. The van der Waals surface area contributed by atoms with Crippen molar-refractivity contribution in [2.24, 2.45) is 5.73 Å². The molecule has 0 bridgehead atoms. The van der Waals surface area contributed by atoms with Gasteiger partial charge in [-0.1, -0.05) is 49.6 Å². The van der Waals surface area contributed by atoms with Gasteiger partial charge in [0.25, 0.3) is 5.91 Å². The largest absolute Gasteiger partial charge is 0.382 e. The second-order valence-electron chi connectivity index (χ2n) is 5.64. The summed E-state index contributed by atoms with van der Waals surface area (Å²) >= 11 is 0. The second-order valence-corrected chi connectivity index (χ2v) is 5.64. The lowest BCUT2D eigenvalue weighted by Gasteiger charge is -2.25. The highest BCUT2D eigenvalue weighted by Crippen LogP contribution is 2.17. The third kappa shape index (κ3) is 5.65. The molecule has 1 saturated carbocycles. The van der Waals surface area contributed by atoms with Crippen molar-refractivity contribution in [2.75, 3.05) is 0 Å². The van der Waals surface area contributed by atoms with Crippen molar-refractivity contribution in [3.05, 3.63) is 35.9 Å². The van der Waals surface area contributed by atoms with Crippen LogP contribution in [-0.4, -0.2) is 29.2 Å². The molecular weight excluding hydrogens is 288 g/mol. The lowest BCUT2D eigenvalue weighted by molar-refractivity contribution is -0.131. The van der Waals surface area contributed by atoms with Crippen LogP contribution in [0.5, 0.6) is 0 Å². The van der Waals surface area contributed by atoms with E-state index in [1.807, 2.05) is 30.3 Å². The number of halogens is 1. The third-order valence-corrected chi connectivity index (χ3v) is 3.94. The summed E-state index contributed by atoms with van der Waals surface area (Å²) in [5.41, 5.74) is 6.98. The first-order valence-electron chi connectivity index (χ1n) is 7.45. The van der Waals surface area contributed by atoms with E-state index in [4.69, 9.17) is 5.73 Å². The van der Waals surface area contributed by atoms with E-state index in [9.17, 15) is 9.90 Å². The van der Waals surface area contributed by atoms with Crippen LogP contribution in [0.3, 0.4) is 0 Å². The standard InChI is InChI=1S/C16H24N2O2.ClH/c17-14(11-12-7-3-1-4-8-12)15(19)16(20)18-13-9-5-2-6-10-13;/h1,3-4,7-8,13-15,19H,2,5-6,9-11,17H2,(H,18,20);1H. The molecule has 0 aliphatic heterocycles. The van der Waals surface area contributed by atoms with Gasteiger partial charge in [0.15, 0.2) is 0 Å². The van der Waals surface area contributed by atoms with E-state index in [-0.39, 0.29) is 24.4 Å². The maximum absolute atomic E-state index is 12.0. The lowest BCUT2D eigenvalue weighted by Crippen LogP contribution is -2.50. The summed E-state index contributed by atoms with van der Waals surface area (Å²) in [5, 5.41) is 13.0. The van der Waals surface area contributed by atoms with Crippen molar-refractivity contribution in [1.82, 2.24) is 5.32 Å². The van der Waals surface area contributed by atoms with Crippen LogP contribution in [0.2, 0.25) is 0 Å². The van der Waals surface area contributed by atoms with E-state index in [2.05, 4.69) is 5.32 Å². The fourth-order valence-corrected chi connectivity index (χ4v) is 2.73. The van der Waals surface area contributed by atoms with Crippen LogP contribution >= 0.6 is 12.4 Å². The van der Waals surface area contributed by atoms with Gasteiger partial charge in [-0.25, -0.2) is 0 Å². The molecule has 0 saturated heterocycles. The molecule has 2 atom stereocenters. The third-order valence-electron chi connectivity index (χ3n) is 3.94. The molecule has 2 unspecified atom stereocenters. The SMILES string of the molecule is Cl.NC(Cc1ccccc1)C(O)C(=O)NC1CCCCC1. The van der Waals surface area contributed by atoms with Crippen LogP contribution in [0.1, 0.15) is 37.7 Å². The van der Waals surface area contributed by atoms with E-state index in [0.29, 0.717) is 6.42 Å². The Hall–Kier alpha value is -1.10. The minimum atomic E-state index is -1.14. The average molecular weight is 313 g/mol.